The summed E-state index contributed by atoms with van der Waals surface area (Å²) >= 11 is 0. The van der Waals surface area contributed by atoms with Gasteiger partial charge in [-0.25, -0.2) is 14.4 Å². The van der Waals surface area contributed by atoms with E-state index in [1.807, 2.05) is 24.3 Å². The highest BCUT2D eigenvalue weighted by Gasteiger charge is 2.44. The molecular formula is C35H43N2O12PSi. The second-order valence-corrected chi connectivity index (χ2v) is 16.9. The van der Waals surface area contributed by atoms with E-state index >= 15 is 0 Å². The lowest BCUT2D eigenvalue weighted by Gasteiger charge is -2.33. The standard InChI is InChI=1S/C35H43N2O12PSi/c1-6-33(38)46-19-20-47-34(39)36-26-17-16-25(2)30(22-26)37-35(40)48-24-27(23-45-18-11-21-51(42-3,43-4)44-5)50(41)32-15-10-8-13-29(32)28-12-7-9-14-31(28)49-50/h6-10,12-17,22,27H,1,11,18-21,23-24H2,2-5H3,(H,36,39)(H,37,40). The summed E-state index contributed by atoms with van der Waals surface area (Å²) in [6.07, 6.45) is -0.0618. The average molecular weight is 743 g/mol. The number of hydrogen-bond acceptors (Lipinski definition) is 12. The minimum Gasteiger partial charge on any atom is -0.459 e. The van der Waals surface area contributed by atoms with Crippen molar-refractivity contribution in [2.75, 3.05) is 65.0 Å². The van der Waals surface area contributed by atoms with Gasteiger partial charge >= 0.3 is 27.0 Å². The molecule has 4 rings (SSSR count). The molecule has 0 spiro atoms. The highest BCUT2D eigenvalue weighted by Crippen LogP contribution is 2.57. The van der Waals surface area contributed by atoms with Crippen molar-refractivity contribution in [1.82, 2.24) is 0 Å². The summed E-state index contributed by atoms with van der Waals surface area (Å²) in [7, 11) is -1.92. The maximum atomic E-state index is 14.9. The van der Waals surface area contributed by atoms with Gasteiger partial charge < -0.3 is 36.7 Å². The molecule has 3 aromatic carbocycles. The Morgan fingerprint density at radius 3 is 2.24 bits per heavy atom. The molecule has 0 aromatic heterocycles. The highest BCUT2D eigenvalue weighted by molar-refractivity contribution is 7.68. The lowest BCUT2D eigenvalue weighted by Crippen LogP contribution is -2.42. The van der Waals surface area contributed by atoms with Gasteiger partial charge in [0.1, 0.15) is 31.2 Å². The van der Waals surface area contributed by atoms with Gasteiger partial charge in [-0.1, -0.05) is 49.0 Å². The molecule has 1 aliphatic rings. The van der Waals surface area contributed by atoms with Crippen molar-refractivity contribution in [1.29, 1.82) is 0 Å². The molecule has 2 unspecified atom stereocenters. The number of hydrogen-bond donors (Lipinski definition) is 2. The van der Waals surface area contributed by atoms with Crippen LogP contribution in [0.2, 0.25) is 6.04 Å². The molecule has 51 heavy (non-hydrogen) atoms. The molecule has 274 valence electrons. The molecule has 0 aliphatic carbocycles. The normalized spacial score (nSPS) is 15.3. The van der Waals surface area contributed by atoms with Crippen LogP contribution >= 0.6 is 7.37 Å². The fourth-order valence-electron chi connectivity index (χ4n) is 5.26. The number of anilines is 2. The number of fused-ring (bicyclic) bond motifs is 3. The van der Waals surface area contributed by atoms with Gasteiger partial charge in [-0.05, 0) is 48.7 Å². The van der Waals surface area contributed by atoms with Gasteiger partial charge in [0, 0.05) is 57.0 Å². The Bertz CT molecular complexity index is 1730. The molecule has 3 aromatic rings. The first kappa shape index (κ1) is 39.3. The van der Waals surface area contributed by atoms with E-state index in [2.05, 4.69) is 17.2 Å². The quantitative estimate of drug-likeness (QED) is 0.0383. The van der Waals surface area contributed by atoms with Crippen LogP contribution < -0.4 is 20.5 Å². The molecule has 0 saturated heterocycles. The molecule has 1 aliphatic heterocycles. The molecule has 0 bridgehead atoms. The number of rotatable bonds is 18. The van der Waals surface area contributed by atoms with Crippen LogP contribution in [0.1, 0.15) is 12.0 Å². The topological polar surface area (TPSA) is 166 Å². The molecule has 0 saturated carbocycles. The van der Waals surface area contributed by atoms with Gasteiger partial charge in [0.05, 0.1) is 11.9 Å². The molecule has 0 radical (unpaired) electrons. The zero-order valence-electron chi connectivity index (χ0n) is 29.0. The molecule has 2 amide bonds. The maximum absolute atomic E-state index is 14.9. The fraction of sp³-hybridized carbons (Fsp3) is 0.343. The van der Waals surface area contributed by atoms with Crippen LogP contribution in [0.4, 0.5) is 21.0 Å². The van der Waals surface area contributed by atoms with Crippen LogP contribution in [0.25, 0.3) is 11.1 Å². The largest absolute Gasteiger partial charge is 0.500 e. The van der Waals surface area contributed by atoms with Crippen molar-refractivity contribution in [3.63, 3.8) is 0 Å². The molecule has 2 atom stereocenters. The first-order valence-electron chi connectivity index (χ1n) is 16.1. The second kappa shape index (κ2) is 18.7. The smallest absolute Gasteiger partial charge is 0.459 e. The summed E-state index contributed by atoms with van der Waals surface area (Å²) in [6, 6.07) is 20.0. The summed E-state index contributed by atoms with van der Waals surface area (Å²) in [6.45, 7) is 4.68. The predicted octanol–water partition coefficient (Wildman–Crippen LogP) is 6.14. The van der Waals surface area contributed by atoms with Gasteiger partial charge in [-0.2, -0.15) is 0 Å². The van der Waals surface area contributed by atoms with E-state index in [4.69, 9.17) is 36.7 Å². The molecule has 2 N–H and O–H groups in total. The van der Waals surface area contributed by atoms with Gasteiger partial charge in [0.25, 0.3) is 7.37 Å². The Kier molecular flexibility index (Phi) is 14.4. The van der Waals surface area contributed by atoms with Crippen LogP contribution in [0, 0.1) is 6.92 Å². The van der Waals surface area contributed by atoms with Gasteiger partial charge in [0.15, 0.2) is 0 Å². The van der Waals surface area contributed by atoms with E-state index in [0.717, 1.165) is 17.2 Å². The highest BCUT2D eigenvalue weighted by atomic mass is 31.2. The van der Waals surface area contributed by atoms with Gasteiger partial charge in [-0.15, -0.1) is 0 Å². The van der Waals surface area contributed by atoms with Crippen molar-refractivity contribution in [2.45, 2.75) is 25.0 Å². The van der Waals surface area contributed by atoms with E-state index < -0.39 is 40.0 Å². The number of nitrogens with one attached hydrogen (secondary N) is 2. The van der Waals surface area contributed by atoms with Gasteiger partial charge in [0.2, 0.25) is 0 Å². The number of carbonyl (C=O) groups excluding carboxylic acids is 3. The first-order chi connectivity index (χ1) is 24.6. The number of esters is 1. The van der Waals surface area contributed by atoms with Crippen LogP contribution in [0.15, 0.2) is 79.4 Å². The van der Waals surface area contributed by atoms with E-state index in [0.29, 0.717) is 40.5 Å². The fourth-order valence-corrected chi connectivity index (χ4v) is 9.44. The molecule has 14 nitrogen and oxygen atoms in total. The van der Waals surface area contributed by atoms with Crippen molar-refractivity contribution in [2.24, 2.45) is 0 Å². The Morgan fingerprint density at radius 1 is 0.843 bits per heavy atom. The van der Waals surface area contributed by atoms with E-state index in [9.17, 15) is 18.9 Å². The zero-order chi connectivity index (χ0) is 36.9. The Hall–Kier alpha value is -4.50. The number of aryl methyl sites for hydroxylation is 1. The summed E-state index contributed by atoms with van der Waals surface area (Å²) in [5.74, 6) is -0.172. The molecular weight excluding hydrogens is 699 g/mol. The van der Waals surface area contributed by atoms with Crippen molar-refractivity contribution < 1.29 is 55.7 Å². The third-order valence-corrected chi connectivity index (χ3v) is 13.6. The lowest BCUT2D eigenvalue weighted by atomic mass is 10.0. The SMILES string of the molecule is C=CC(=O)OCCOC(=O)Nc1ccc(C)c(NC(=O)OCC(COCCC[Si](OC)(OC)OC)P2(=O)Oc3ccccc3-c3ccccc32)c1. The maximum Gasteiger partial charge on any atom is 0.500 e. The van der Waals surface area contributed by atoms with E-state index in [1.165, 1.54) is 27.4 Å². The van der Waals surface area contributed by atoms with Gasteiger partial charge in [-0.3, -0.25) is 15.2 Å². The van der Waals surface area contributed by atoms with Crippen molar-refractivity contribution in [3.8, 4) is 16.9 Å². The second-order valence-electron chi connectivity index (χ2n) is 11.2. The predicted molar refractivity (Wildman–Crippen MR) is 193 cm³/mol. The lowest BCUT2D eigenvalue weighted by molar-refractivity contribution is -0.138. The van der Waals surface area contributed by atoms with Crippen LogP contribution in [-0.2, 0) is 41.6 Å². The Morgan fingerprint density at radius 2 is 1.51 bits per heavy atom. The summed E-state index contributed by atoms with van der Waals surface area (Å²) in [5, 5.41) is 5.74. The summed E-state index contributed by atoms with van der Waals surface area (Å²) in [5.41, 5.74) is 2.06. The third kappa shape index (κ3) is 10.3. The number of ether oxygens (including phenoxy) is 4. The van der Waals surface area contributed by atoms with E-state index in [1.54, 1.807) is 43.3 Å². The monoisotopic (exact) mass is 742 g/mol. The number of para-hydroxylation sites is 1. The summed E-state index contributed by atoms with van der Waals surface area (Å²) in [4.78, 5) is 36.5. The minimum absolute atomic E-state index is 0.0457. The average Bonchev–Trinajstić information content (AvgIpc) is 3.14. The third-order valence-electron chi connectivity index (χ3n) is 8.00. The van der Waals surface area contributed by atoms with Crippen LogP contribution in [0.3, 0.4) is 0 Å². The minimum atomic E-state index is -3.72. The van der Waals surface area contributed by atoms with Crippen molar-refractivity contribution >= 4 is 51.0 Å². The van der Waals surface area contributed by atoms with Crippen molar-refractivity contribution in [3.05, 3.63) is 84.9 Å². The molecule has 0 fully saturated rings. The number of benzene rings is 3. The number of carbonyl (C=O) groups is 3. The Labute approximate surface area is 298 Å². The van der Waals surface area contributed by atoms with E-state index in [-0.39, 0.29) is 33.0 Å². The summed E-state index contributed by atoms with van der Waals surface area (Å²) < 4.78 is 59.2. The van der Waals surface area contributed by atoms with Crippen LogP contribution in [-0.4, -0.2) is 87.0 Å². The zero-order valence-corrected chi connectivity index (χ0v) is 30.9. The first-order valence-corrected chi connectivity index (χ1v) is 19.7. The molecule has 16 heteroatoms. The Balaban J connectivity index is 1.45. The molecule has 1 heterocycles. The van der Waals surface area contributed by atoms with Crippen LogP contribution in [0.5, 0.6) is 5.75 Å². The number of amides is 2.